The predicted octanol–water partition coefficient (Wildman–Crippen LogP) is 1.33. The van der Waals surface area contributed by atoms with E-state index in [2.05, 4.69) is 10.1 Å². The summed E-state index contributed by atoms with van der Waals surface area (Å²) in [7, 11) is 0. The molecular formula is C12H21F2NO3. The number of hydrogen-bond donors (Lipinski definition) is 2. The maximum absolute atomic E-state index is 11.7. The van der Waals surface area contributed by atoms with Crippen LogP contribution in [0, 0.1) is 5.92 Å². The monoisotopic (exact) mass is 265 g/mol. The average Bonchev–Trinajstić information content (AvgIpc) is 2.33. The van der Waals surface area contributed by atoms with Gasteiger partial charge in [0.25, 0.3) is 6.43 Å². The lowest BCUT2D eigenvalue weighted by atomic mass is 9.86. The molecule has 0 spiro atoms. The van der Waals surface area contributed by atoms with Crippen LogP contribution in [0.25, 0.3) is 0 Å². The highest BCUT2D eigenvalue weighted by atomic mass is 19.3. The number of ether oxygens (including phenoxy) is 1. The number of nitrogens with one attached hydrogen (secondary N) is 1. The zero-order valence-corrected chi connectivity index (χ0v) is 10.4. The van der Waals surface area contributed by atoms with Crippen LogP contribution in [0.3, 0.4) is 0 Å². The Balaban J connectivity index is 2.05. The molecule has 1 fully saturated rings. The molecule has 18 heavy (non-hydrogen) atoms. The first-order chi connectivity index (χ1) is 8.59. The van der Waals surface area contributed by atoms with Crippen LogP contribution in [-0.4, -0.2) is 43.3 Å². The summed E-state index contributed by atoms with van der Waals surface area (Å²) in [5.74, 6) is -0.105. The van der Waals surface area contributed by atoms with E-state index in [1.165, 1.54) is 0 Å². The van der Waals surface area contributed by atoms with Crippen molar-refractivity contribution in [3.63, 3.8) is 0 Å². The number of amides is 1. The van der Waals surface area contributed by atoms with Gasteiger partial charge in [-0.1, -0.05) is 12.8 Å². The quantitative estimate of drug-likeness (QED) is 0.683. The Hall–Kier alpha value is -0.750. The summed E-state index contributed by atoms with van der Waals surface area (Å²) in [6, 6.07) is 0. The van der Waals surface area contributed by atoms with Gasteiger partial charge in [0.05, 0.1) is 12.7 Å². The Morgan fingerprint density at radius 1 is 1.39 bits per heavy atom. The largest absolute Gasteiger partial charge is 0.393 e. The molecule has 1 aliphatic carbocycles. The predicted molar refractivity (Wildman–Crippen MR) is 62.4 cm³/mol. The fourth-order valence-electron chi connectivity index (χ4n) is 2.10. The molecule has 0 aliphatic heterocycles. The molecular weight excluding hydrogens is 244 g/mol. The van der Waals surface area contributed by atoms with E-state index in [1.807, 2.05) is 0 Å². The topological polar surface area (TPSA) is 58.6 Å². The lowest BCUT2D eigenvalue weighted by Crippen LogP contribution is -2.37. The molecule has 0 aromatic carbocycles. The van der Waals surface area contributed by atoms with Crippen molar-refractivity contribution in [1.82, 2.24) is 5.32 Å². The van der Waals surface area contributed by atoms with Gasteiger partial charge in [-0.15, -0.1) is 0 Å². The van der Waals surface area contributed by atoms with Gasteiger partial charge in [-0.25, -0.2) is 8.78 Å². The van der Waals surface area contributed by atoms with Gasteiger partial charge in [0.2, 0.25) is 5.91 Å². The highest BCUT2D eigenvalue weighted by molar-refractivity contribution is 5.75. The molecule has 0 bridgehead atoms. The summed E-state index contributed by atoms with van der Waals surface area (Å²) in [5.41, 5.74) is 0. The Bertz CT molecular complexity index is 251. The van der Waals surface area contributed by atoms with E-state index in [0.717, 1.165) is 25.7 Å². The molecule has 0 saturated heterocycles. The van der Waals surface area contributed by atoms with Crippen molar-refractivity contribution in [1.29, 1.82) is 0 Å². The molecule has 2 atom stereocenters. The molecule has 1 amide bonds. The number of carbonyl (C=O) groups is 1. The number of aliphatic hydroxyl groups excluding tert-OH is 1. The summed E-state index contributed by atoms with van der Waals surface area (Å²) >= 11 is 0. The van der Waals surface area contributed by atoms with E-state index in [4.69, 9.17) is 0 Å². The minimum atomic E-state index is -2.49. The van der Waals surface area contributed by atoms with Crippen LogP contribution in [0.15, 0.2) is 0 Å². The van der Waals surface area contributed by atoms with Gasteiger partial charge in [0.1, 0.15) is 6.61 Å². The molecule has 6 heteroatoms. The normalized spacial score (nSPS) is 24.2. The molecule has 106 valence electrons. The van der Waals surface area contributed by atoms with Crippen LogP contribution in [-0.2, 0) is 9.53 Å². The second-order valence-corrected chi connectivity index (χ2v) is 4.63. The molecule has 2 N–H and O–H groups in total. The Labute approximate surface area is 106 Å². The summed E-state index contributed by atoms with van der Waals surface area (Å²) in [6.07, 6.45) is 1.07. The SMILES string of the molecule is O=C(CCOCC(F)F)NCC1CCCCC1O. The highest BCUT2D eigenvalue weighted by Crippen LogP contribution is 2.23. The van der Waals surface area contributed by atoms with Gasteiger partial charge in [-0.2, -0.15) is 0 Å². The summed E-state index contributed by atoms with van der Waals surface area (Å²) in [6.45, 7) is -0.174. The fraction of sp³-hybridized carbons (Fsp3) is 0.917. The maximum Gasteiger partial charge on any atom is 0.261 e. The van der Waals surface area contributed by atoms with Crippen molar-refractivity contribution in [3.8, 4) is 0 Å². The van der Waals surface area contributed by atoms with Crippen molar-refractivity contribution >= 4 is 5.91 Å². The third-order valence-electron chi connectivity index (χ3n) is 3.15. The standard InChI is InChI=1S/C12H21F2NO3/c13-11(14)8-18-6-5-12(17)15-7-9-3-1-2-4-10(9)16/h9-11,16H,1-8H2,(H,15,17). The second kappa shape index (κ2) is 8.37. The molecule has 0 radical (unpaired) electrons. The highest BCUT2D eigenvalue weighted by Gasteiger charge is 2.23. The van der Waals surface area contributed by atoms with E-state index in [9.17, 15) is 18.7 Å². The Morgan fingerprint density at radius 2 is 2.11 bits per heavy atom. The number of halogens is 2. The zero-order valence-electron chi connectivity index (χ0n) is 10.4. The molecule has 4 nitrogen and oxygen atoms in total. The van der Waals surface area contributed by atoms with E-state index in [-0.39, 0.29) is 31.0 Å². The van der Waals surface area contributed by atoms with Crippen molar-refractivity contribution in [2.24, 2.45) is 5.92 Å². The van der Waals surface area contributed by atoms with Crippen LogP contribution in [0.2, 0.25) is 0 Å². The summed E-state index contributed by atoms with van der Waals surface area (Å²) < 4.78 is 28.1. The zero-order chi connectivity index (χ0) is 13.4. The van der Waals surface area contributed by atoms with Crippen molar-refractivity contribution in [2.45, 2.75) is 44.6 Å². The van der Waals surface area contributed by atoms with Gasteiger partial charge in [0, 0.05) is 18.9 Å². The van der Waals surface area contributed by atoms with Crippen molar-refractivity contribution in [3.05, 3.63) is 0 Å². The van der Waals surface area contributed by atoms with Crippen molar-refractivity contribution < 1.29 is 23.4 Å². The molecule has 0 aromatic heterocycles. The molecule has 0 heterocycles. The number of hydrogen-bond acceptors (Lipinski definition) is 3. The van der Waals surface area contributed by atoms with Crippen molar-refractivity contribution in [2.75, 3.05) is 19.8 Å². The minimum Gasteiger partial charge on any atom is -0.393 e. The smallest absolute Gasteiger partial charge is 0.261 e. The van der Waals surface area contributed by atoms with Crippen LogP contribution >= 0.6 is 0 Å². The van der Waals surface area contributed by atoms with Crippen LogP contribution < -0.4 is 5.32 Å². The van der Waals surface area contributed by atoms with E-state index >= 15 is 0 Å². The van der Waals surface area contributed by atoms with Gasteiger partial charge in [0.15, 0.2) is 0 Å². The van der Waals surface area contributed by atoms with Gasteiger partial charge in [-0.3, -0.25) is 4.79 Å². The third-order valence-corrected chi connectivity index (χ3v) is 3.15. The van der Waals surface area contributed by atoms with Crippen LogP contribution in [0.5, 0.6) is 0 Å². The number of aliphatic hydroxyl groups is 1. The van der Waals surface area contributed by atoms with E-state index < -0.39 is 13.0 Å². The first-order valence-corrected chi connectivity index (χ1v) is 6.40. The number of rotatable bonds is 7. The molecule has 1 rings (SSSR count). The lowest BCUT2D eigenvalue weighted by molar-refractivity contribution is -0.123. The lowest BCUT2D eigenvalue weighted by Gasteiger charge is -2.27. The summed E-state index contributed by atoms with van der Waals surface area (Å²) in [5, 5.41) is 12.4. The van der Waals surface area contributed by atoms with Crippen LogP contribution in [0.4, 0.5) is 8.78 Å². The van der Waals surface area contributed by atoms with E-state index in [1.54, 1.807) is 0 Å². The molecule has 1 aliphatic rings. The third kappa shape index (κ3) is 6.26. The second-order valence-electron chi connectivity index (χ2n) is 4.63. The first kappa shape index (κ1) is 15.3. The van der Waals surface area contributed by atoms with Crippen LogP contribution in [0.1, 0.15) is 32.1 Å². The van der Waals surface area contributed by atoms with Gasteiger partial charge < -0.3 is 15.2 Å². The summed E-state index contributed by atoms with van der Waals surface area (Å²) in [4.78, 5) is 11.4. The number of alkyl halides is 2. The first-order valence-electron chi connectivity index (χ1n) is 6.40. The van der Waals surface area contributed by atoms with Gasteiger partial charge >= 0.3 is 0 Å². The molecule has 0 aromatic rings. The maximum atomic E-state index is 11.7. The molecule has 2 unspecified atom stereocenters. The van der Waals surface area contributed by atoms with Gasteiger partial charge in [-0.05, 0) is 12.8 Å². The Kier molecular flexibility index (Phi) is 7.12. The fourth-order valence-corrected chi connectivity index (χ4v) is 2.10. The average molecular weight is 265 g/mol. The Morgan fingerprint density at radius 3 is 2.78 bits per heavy atom. The molecule has 1 saturated carbocycles. The number of carbonyl (C=O) groups excluding carboxylic acids is 1. The van der Waals surface area contributed by atoms with E-state index in [0.29, 0.717) is 6.54 Å². The minimum absolute atomic E-state index is 0.00337.